The summed E-state index contributed by atoms with van der Waals surface area (Å²) in [5, 5.41) is 28.2. The number of aliphatic carboxylic acids is 1. The second-order valence-electron chi connectivity index (χ2n) is 6.43. The maximum atomic E-state index is 10.4. The molecule has 0 saturated carbocycles. The lowest BCUT2D eigenvalue weighted by atomic mass is 10.0. The van der Waals surface area contributed by atoms with E-state index in [-0.39, 0.29) is 18.6 Å². The summed E-state index contributed by atoms with van der Waals surface area (Å²) in [5.41, 5.74) is 0. The van der Waals surface area contributed by atoms with E-state index in [0.717, 1.165) is 51.4 Å². The number of carboxylic acid groups (broad SMARTS) is 1. The fourth-order valence-electron chi connectivity index (χ4n) is 2.69. The van der Waals surface area contributed by atoms with Crippen LogP contribution in [0.2, 0.25) is 0 Å². The molecule has 0 rings (SSSR count). The van der Waals surface area contributed by atoms with Crippen molar-refractivity contribution >= 4 is 5.97 Å². The first kappa shape index (κ1) is 21.4. The molecule has 3 N–H and O–H groups in total. The van der Waals surface area contributed by atoms with Gasteiger partial charge in [0.05, 0.1) is 12.2 Å². The molecule has 0 bridgehead atoms. The zero-order valence-corrected chi connectivity index (χ0v) is 14.3. The van der Waals surface area contributed by atoms with Gasteiger partial charge in [-0.1, -0.05) is 58.3 Å². The first-order valence-corrected chi connectivity index (χ1v) is 9.14. The number of hydrogen-bond donors (Lipinski definition) is 3. The fraction of sp³-hybridized carbons (Fsp3) is 0.944. The highest BCUT2D eigenvalue weighted by atomic mass is 16.4. The van der Waals surface area contributed by atoms with Gasteiger partial charge in [-0.25, -0.2) is 0 Å². The van der Waals surface area contributed by atoms with Crippen molar-refractivity contribution in [1.82, 2.24) is 0 Å². The van der Waals surface area contributed by atoms with Crippen LogP contribution >= 0.6 is 0 Å². The van der Waals surface area contributed by atoms with Crippen LogP contribution in [-0.2, 0) is 4.79 Å². The molecule has 4 nitrogen and oxygen atoms in total. The Hall–Kier alpha value is -0.610. The topological polar surface area (TPSA) is 77.8 Å². The van der Waals surface area contributed by atoms with Crippen molar-refractivity contribution in [1.29, 1.82) is 0 Å². The van der Waals surface area contributed by atoms with Crippen LogP contribution in [0.5, 0.6) is 0 Å². The van der Waals surface area contributed by atoms with Crippen LogP contribution in [0.1, 0.15) is 96.8 Å². The van der Waals surface area contributed by atoms with Gasteiger partial charge in [-0.2, -0.15) is 0 Å². The first-order valence-electron chi connectivity index (χ1n) is 9.14. The van der Waals surface area contributed by atoms with Gasteiger partial charge in [0.25, 0.3) is 0 Å². The van der Waals surface area contributed by atoms with Crippen LogP contribution in [0, 0.1) is 0 Å². The second-order valence-corrected chi connectivity index (χ2v) is 6.43. The Kier molecular flexibility index (Phi) is 14.9. The highest BCUT2D eigenvalue weighted by Gasteiger charge is 2.06. The van der Waals surface area contributed by atoms with E-state index in [1.165, 1.54) is 19.3 Å². The molecule has 22 heavy (non-hydrogen) atoms. The molecule has 2 atom stereocenters. The molecule has 0 aromatic heterocycles. The third kappa shape index (κ3) is 15.8. The molecule has 0 aliphatic heterocycles. The number of unbranched alkanes of at least 4 members (excludes halogenated alkanes) is 6. The summed E-state index contributed by atoms with van der Waals surface area (Å²) < 4.78 is 0. The standard InChI is InChI=1S/C18H36O4/c1-2-3-4-6-11-16(19)12-7-5-8-13-17(20)14-9-10-15-18(21)22/h16-17,19-20H,2-15H2,1H3,(H,21,22). The highest BCUT2D eigenvalue weighted by Crippen LogP contribution is 2.14. The molecule has 0 amide bonds. The maximum Gasteiger partial charge on any atom is 0.303 e. The van der Waals surface area contributed by atoms with Crippen LogP contribution in [0.25, 0.3) is 0 Å². The van der Waals surface area contributed by atoms with Gasteiger partial charge in [0.1, 0.15) is 0 Å². The quantitative estimate of drug-likeness (QED) is 0.371. The Balaban J connectivity index is 3.31. The smallest absolute Gasteiger partial charge is 0.303 e. The lowest BCUT2D eigenvalue weighted by molar-refractivity contribution is -0.137. The summed E-state index contributed by atoms with van der Waals surface area (Å²) in [5.74, 6) is -0.761. The molecule has 4 heteroatoms. The number of carbonyl (C=O) groups is 1. The van der Waals surface area contributed by atoms with Gasteiger partial charge >= 0.3 is 5.97 Å². The van der Waals surface area contributed by atoms with E-state index >= 15 is 0 Å². The average molecular weight is 316 g/mol. The first-order chi connectivity index (χ1) is 10.6. The average Bonchev–Trinajstić information content (AvgIpc) is 2.47. The number of aliphatic hydroxyl groups excluding tert-OH is 2. The van der Waals surface area contributed by atoms with Crippen molar-refractivity contribution in [2.24, 2.45) is 0 Å². The van der Waals surface area contributed by atoms with Gasteiger partial charge < -0.3 is 15.3 Å². The minimum atomic E-state index is -0.761. The summed E-state index contributed by atoms with van der Waals surface area (Å²) in [7, 11) is 0. The number of carboxylic acids is 1. The molecule has 0 heterocycles. The summed E-state index contributed by atoms with van der Waals surface area (Å²) >= 11 is 0. The molecule has 132 valence electrons. The zero-order valence-electron chi connectivity index (χ0n) is 14.3. The molecule has 0 spiro atoms. The van der Waals surface area contributed by atoms with E-state index in [9.17, 15) is 15.0 Å². The Morgan fingerprint density at radius 2 is 1.14 bits per heavy atom. The van der Waals surface area contributed by atoms with Crippen LogP contribution in [0.15, 0.2) is 0 Å². The maximum absolute atomic E-state index is 10.4. The molecule has 0 radical (unpaired) electrons. The van der Waals surface area contributed by atoms with Gasteiger partial charge in [-0.3, -0.25) is 4.79 Å². The Morgan fingerprint density at radius 3 is 1.55 bits per heavy atom. The summed E-state index contributed by atoms with van der Waals surface area (Å²) in [6.45, 7) is 2.19. The van der Waals surface area contributed by atoms with Gasteiger partial charge in [0, 0.05) is 6.42 Å². The van der Waals surface area contributed by atoms with Crippen LogP contribution in [0.3, 0.4) is 0 Å². The summed E-state index contributed by atoms with van der Waals surface area (Å²) in [6, 6.07) is 0. The van der Waals surface area contributed by atoms with E-state index < -0.39 is 5.97 Å². The zero-order chi connectivity index (χ0) is 16.6. The van der Waals surface area contributed by atoms with Crippen LogP contribution in [0.4, 0.5) is 0 Å². The number of rotatable bonds is 16. The Labute approximate surface area is 135 Å². The molecular formula is C18H36O4. The minimum Gasteiger partial charge on any atom is -0.481 e. The van der Waals surface area contributed by atoms with Crippen LogP contribution < -0.4 is 0 Å². The molecule has 0 aromatic carbocycles. The van der Waals surface area contributed by atoms with Crippen molar-refractivity contribution < 1.29 is 20.1 Å². The van der Waals surface area contributed by atoms with Crippen molar-refractivity contribution in [3.8, 4) is 0 Å². The van der Waals surface area contributed by atoms with Gasteiger partial charge in [-0.05, 0) is 32.1 Å². The largest absolute Gasteiger partial charge is 0.481 e. The third-order valence-corrected chi connectivity index (χ3v) is 4.14. The Morgan fingerprint density at radius 1 is 0.727 bits per heavy atom. The van der Waals surface area contributed by atoms with Crippen LogP contribution in [-0.4, -0.2) is 33.5 Å². The van der Waals surface area contributed by atoms with E-state index in [1.54, 1.807) is 0 Å². The third-order valence-electron chi connectivity index (χ3n) is 4.14. The predicted octanol–water partition coefficient (Wildman–Crippen LogP) is 4.27. The van der Waals surface area contributed by atoms with Crippen molar-refractivity contribution in [3.05, 3.63) is 0 Å². The predicted molar refractivity (Wildman–Crippen MR) is 90.0 cm³/mol. The molecule has 2 unspecified atom stereocenters. The van der Waals surface area contributed by atoms with Crippen molar-refractivity contribution in [3.63, 3.8) is 0 Å². The number of aliphatic hydroxyl groups is 2. The molecule has 0 aliphatic carbocycles. The van der Waals surface area contributed by atoms with E-state index in [2.05, 4.69) is 6.92 Å². The fourth-order valence-corrected chi connectivity index (χ4v) is 2.69. The second kappa shape index (κ2) is 15.3. The highest BCUT2D eigenvalue weighted by molar-refractivity contribution is 5.66. The summed E-state index contributed by atoms with van der Waals surface area (Å²) in [6.07, 6.45) is 12.4. The lowest BCUT2D eigenvalue weighted by Crippen LogP contribution is -2.08. The molecule has 0 aliphatic rings. The minimum absolute atomic E-state index is 0.155. The summed E-state index contributed by atoms with van der Waals surface area (Å²) in [4.78, 5) is 10.4. The van der Waals surface area contributed by atoms with Gasteiger partial charge in [-0.15, -0.1) is 0 Å². The normalized spacial score (nSPS) is 14.0. The van der Waals surface area contributed by atoms with Crippen molar-refractivity contribution in [2.75, 3.05) is 0 Å². The van der Waals surface area contributed by atoms with E-state index in [1.807, 2.05) is 0 Å². The SMILES string of the molecule is CCCCCCC(O)CCCCCC(O)CCCCC(=O)O. The van der Waals surface area contributed by atoms with E-state index in [0.29, 0.717) is 12.8 Å². The van der Waals surface area contributed by atoms with E-state index in [4.69, 9.17) is 5.11 Å². The van der Waals surface area contributed by atoms with Crippen molar-refractivity contribution in [2.45, 2.75) is 109 Å². The molecule has 0 fully saturated rings. The van der Waals surface area contributed by atoms with Gasteiger partial charge in [0.15, 0.2) is 0 Å². The monoisotopic (exact) mass is 316 g/mol. The number of hydrogen-bond acceptors (Lipinski definition) is 3. The molecule has 0 saturated heterocycles. The molecular weight excluding hydrogens is 280 g/mol. The molecule has 0 aromatic rings. The lowest BCUT2D eigenvalue weighted by Gasteiger charge is -2.12. The van der Waals surface area contributed by atoms with Gasteiger partial charge in [0.2, 0.25) is 0 Å². The Bertz CT molecular complexity index is 255.